The van der Waals surface area contributed by atoms with Gasteiger partial charge in [-0.2, -0.15) is 0 Å². The lowest BCUT2D eigenvalue weighted by Gasteiger charge is -2.18. The summed E-state index contributed by atoms with van der Waals surface area (Å²) in [4.78, 5) is 21.7. The van der Waals surface area contributed by atoms with Crippen LogP contribution in [0, 0.1) is 0 Å². The first kappa shape index (κ1) is 11.6. The fourth-order valence-corrected chi connectivity index (χ4v) is 2.27. The van der Waals surface area contributed by atoms with E-state index in [2.05, 4.69) is 31.7 Å². The molecule has 5 heteroatoms. The van der Waals surface area contributed by atoms with Gasteiger partial charge in [0.15, 0.2) is 0 Å². The largest absolute Gasteiger partial charge is 0.463 e. The third-order valence-corrected chi connectivity index (χ3v) is 3.17. The van der Waals surface area contributed by atoms with Crippen molar-refractivity contribution in [2.24, 2.45) is 0 Å². The number of aromatic nitrogens is 2. The third kappa shape index (κ3) is 2.03. The quantitative estimate of drug-likeness (QED) is 0.768. The Morgan fingerprint density at radius 2 is 2.16 bits per heavy atom. The second-order valence-corrected chi connectivity index (χ2v) is 4.26. The second-order valence-electron chi connectivity index (χ2n) is 4.26. The number of esters is 1. The van der Waals surface area contributed by atoms with Crippen molar-refractivity contribution in [3.63, 3.8) is 0 Å². The molecule has 2 heterocycles. The van der Waals surface area contributed by atoms with Crippen LogP contribution < -0.4 is 4.90 Å². The molecule has 1 aliphatic rings. The minimum absolute atomic E-state index is 0.0874. The van der Waals surface area contributed by atoms with Crippen LogP contribution in [0.2, 0.25) is 0 Å². The molecule has 1 aromatic heterocycles. The number of hydrogen-bond donors (Lipinski definition) is 0. The van der Waals surface area contributed by atoms with Crippen LogP contribution in [0.15, 0.2) is 36.5 Å². The van der Waals surface area contributed by atoms with E-state index in [1.165, 1.54) is 12.7 Å². The average Bonchev–Trinajstić information content (AvgIpc) is 2.90. The first-order valence-electron chi connectivity index (χ1n) is 6.06. The molecule has 0 fully saturated rings. The molecule has 0 saturated heterocycles. The molecule has 0 radical (unpaired) electrons. The molecule has 1 aromatic carbocycles. The highest BCUT2D eigenvalue weighted by molar-refractivity contribution is 5.85. The molecule has 2 aromatic rings. The minimum Gasteiger partial charge on any atom is -0.463 e. The van der Waals surface area contributed by atoms with E-state index in [4.69, 9.17) is 0 Å². The van der Waals surface area contributed by atoms with Gasteiger partial charge in [0, 0.05) is 18.4 Å². The number of carbonyl (C=O) groups is 1. The molecule has 19 heavy (non-hydrogen) atoms. The van der Waals surface area contributed by atoms with E-state index < -0.39 is 5.97 Å². The molecular weight excluding hydrogens is 242 g/mol. The Bertz CT molecular complexity index is 628. The molecule has 0 atom stereocenters. The van der Waals surface area contributed by atoms with Crippen molar-refractivity contribution in [2.75, 3.05) is 18.6 Å². The normalized spacial score (nSPS) is 13.2. The molecule has 0 aliphatic carbocycles. The number of fused-ring (bicyclic) bond motifs is 1. The Kier molecular flexibility index (Phi) is 2.87. The molecule has 96 valence electrons. The van der Waals surface area contributed by atoms with Gasteiger partial charge in [0.05, 0.1) is 7.11 Å². The van der Waals surface area contributed by atoms with Crippen molar-refractivity contribution in [1.82, 2.24) is 9.97 Å². The zero-order chi connectivity index (χ0) is 13.2. The maximum absolute atomic E-state index is 11.5. The molecule has 0 N–H and O–H groups in total. The number of para-hydroxylation sites is 1. The summed E-state index contributed by atoms with van der Waals surface area (Å²) in [6.45, 7) is 0.858. The Balaban J connectivity index is 1.98. The molecule has 0 amide bonds. The van der Waals surface area contributed by atoms with Gasteiger partial charge < -0.3 is 9.64 Å². The Morgan fingerprint density at radius 1 is 1.32 bits per heavy atom. The number of carbonyl (C=O) groups excluding carboxylic acids is 1. The SMILES string of the molecule is COC(=O)c1nccc(N2CCc3ccccc32)n1. The van der Waals surface area contributed by atoms with Crippen molar-refractivity contribution in [1.29, 1.82) is 0 Å². The summed E-state index contributed by atoms with van der Waals surface area (Å²) in [5.41, 5.74) is 2.43. The van der Waals surface area contributed by atoms with Crippen LogP contribution in [0.3, 0.4) is 0 Å². The van der Waals surface area contributed by atoms with E-state index in [1.807, 2.05) is 12.1 Å². The monoisotopic (exact) mass is 255 g/mol. The summed E-state index contributed by atoms with van der Waals surface area (Å²) >= 11 is 0. The van der Waals surface area contributed by atoms with Gasteiger partial charge in [0.2, 0.25) is 5.82 Å². The van der Waals surface area contributed by atoms with Crippen molar-refractivity contribution < 1.29 is 9.53 Å². The predicted octanol–water partition coefficient (Wildman–Crippen LogP) is 1.96. The van der Waals surface area contributed by atoms with Crippen molar-refractivity contribution in [3.05, 3.63) is 47.9 Å². The van der Waals surface area contributed by atoms with Gasteiger partial charge in [0.25, 0.3) is 0 Å². The summed E-state index contributed by atoms with van der Waals surface area (Å²) in [6, 6.07) is 10.00. The topological polar surface area (TPSA) is 55.3 Å². The van der Waals surface area contributed by atoms with Crippen LogP contribution in [0.4, 0.5) is 11.5 Å². The summed E-state index contributed by atoms with van der Waals surface area (Å²) in [5.74, 6) is 0.291. The number of ether oxygens (including phenoxy) is 1. The van der Waals surface area contributed by atoms with Crippen LogP contribution >= 0.6 is 0 Å². The number of anilines is 2. The predicted molar refractivity (Wildman–Crippen MR) is 70.5 cm³/mol. The number of rotatable bonds is 2. The van der Waals surface area contributed by atoms with Gasteiger partial charge in [0.1, 0.15) is 5.82 Å². The number of benzene rings is 1. The first-order chi connectivity index (χ1) is 9.29. The number of methoxy groups -OCH3 is 1. The molecule has 0 bridgehead atoms. The Morgan fingerprint density at radius 3 is 3.00 bits per heavy atom. The van der Waals surface area contributed by atoms with Gasteiger partial charge in [-0.25, -0.2) is 14.8 Å². The van der Waals surface area contributed by atoms with Gasteiger partial charge in [-0.1, -0.05) is 18.2 Å². The highest BCUT2D eigenvalue weighted by atomic mass is 16.5. The van der Waals surface area contributed by atoms with Crippen LogP contribution in [0.25, 0.3) is 0 Å². The number of hydrogen-bond acceptors (Lipinski definition) is 5. The highest BCUT2D eigenvalue weighted by Gasteiger charge is 2.21. The zero-order valence-corrected chi connectivity index (χ0v) is 10.5. The Labute approximate surface area is 110 Å². The Hall–Kier alpha value is -2.43. The molecular formula is C14H13N3O2. The molecule has 3 rings (SSSR count). The fraction of sp³-hybridized carbons (Fsp3) is 0.214. The molecule has 0 saturated carbocycles. The van der Waals surface area contributed by atoms with Crippen molar-refractivity contribution in [3.8, 4) is 0 Å². The van der Waals surface area contributed by atoms with Crippen molar-refractivity contribution in [2.45, 2.75) is 6.42 Å². The lowest BCUT2D eigenvalue weighted by atomic mass is 10.2. The maximum atomic E-state index is 11.5. The van der Waals surface area contributed by atoms with Crippen LogP contribution in [0.5, 0.6) is 0 Å². The summed E-state index contributed by atoms with van der Waals surface area (Å²) < 4.78 is 4.64. The van der Waals surface area contributed by atoms with Crippen LogP contribution in [-0.2, 0) is 11.2 Å². The fourth-order valence-electron chi connectivity index (χ4n) is 2.27. The van der Waals surface area contributed by atoms with E-state index in [1.54, 1.807) is 12.3 Å². The summed E-state index contributed by atoms with van der Waals surface area (Å²) in [6.07, 6.45) is 2.56. The molecule has 0 unspecified atom stereocenters. The van der Waals surface area contributed by atoms with E-state index in [0.29, 0.717) is 0 Å². The van der Waals surface area contributed by atoms with E-state index >= 15 is 0 Å². The first-order valence-corrected chi connectivity index (χ1v) is 6.06. The van der Waals surface area contributed by atoms with E-state index in [0.717, 1.165) is 24.5 Å². The standard InChI is InChI=1S/C14H13N3O2/c1-19-14(18)13-15-8-6-12(16-13)17-9-7-10-4-2-3-5-11(10)17/h2-6,8H,7,9H2,1H3. The zero-order valence-electron chi connectivity index (χ0n) is 10.5. The van der Waals surface area contributed by atoms with E-state index in [-0.39, 0.29) is 5.82 Å². The molecule has 5 nitrogen and oxygen atoms in total. The lowest BCUT2D eigenvalue weighted by Crippen LogP contribution is -2.17. The molecule has 0 spiro atoms. The highest BCUT2D eigenvalue weighted by Crippen LogP contribution is 2.32. The molecule has 1 aliphatic heterocycles. The van der Waals surface area contributed by atoms with Crippen LogP contribution in [-0.4, -0.2) is 29.6 Å². The minimum atomic E-state index is -0.519. The summed E-state index contributed by atoms with van der Waals surface area (Å²) in [5, 5.41) is 0. The van der Waals surface area contributed by atoms with Gasteiger partial charge >= 0.3 is 5.97 Å². The average molecular weight is 255 g/mol. The van der Waals surface area contributed by atoms with Gasteiger partial charge in [-0.05, 0) is 24.1 Å². The third-order valence-electron chi connectivity index (χ3n) is 3.17. The van der Waals surface area contributed by atoms with E-state index in [9.17, 15) is 4.79 Å². The second kappa shape index (κ2) is 4.68. The van der Waals surface area contributed by atoms with Gasteiger partial charge in [-0.3, -0.25) is 0 Å². The smallest absolute Gasteiger partial charge is 0.376 e. The maximum Gasteiger partial charge on any atom is 0.376 e. The van der Waals surface area contributed by atoms with Crippen molar-refractivity contribution >= 4 is 17.5 Å². The number of nitrogens with zero attached hydrogens (tertiary/aromatic N) is 3. The lowest BCUT2D eigenvalue weighted by molar-refractivity contribution is 0.0587. The van der Waals surface area contributed by atoms with Crippen LogP contribution in [0.1, 0.15) is 16.2 Å². The van der Waals surface area contributed by atoms with Gasteiger partial charge in [-0.15, -0.1) is 0 Å². The summed E-state index contributed by atoms with van der Waals surface area (Å²) in [7, 11) is 1.32.